The van der Waals surface area contributed by atoms with Gasteiger partial charge in [-0.05, 0) is 30.3 Å². The standard InChI is InChI=1S/C17H11Cl2N3O4/c18-9-5-6-11(10(19)7-9)22-16(15(17(23)24)20-21-22)14-8-25-12-3-1-2-4-13(12)26-14/h1-7,14H,8H2,(H,23,24). The molecule has 2 heterocycles. The summed E-state index contributed by atoms with van der Waals surface area (Å²) in [6.45, 7) is 0.107. The maximum atomic E-state index is 11.6. The molecule has 9 heteroatoms. The van der Waals surface area contributed by atoms with E-state index in [0.717, 1.165) is 0 Å². The highest BCUT2D eigenvalue weighted by Gasteiger charge is 2.33. The molecule has 26 heavy (non-hydrogen) atoms. The molecule has 0 aliphatic carbocycles. The molecule has 0 saturated heterocycles. The third kappa shape index (κ3) is 2.85. The lowest BCUT2D eigenvalue weighted by Gasteiger charge is -2.27. The summed E-state index contributed by atoms with van der Waals surface area (Å²) in [5.74, 6) is -0.127. The van der Waals surface area contributed by atoms with Crippen LogP contribution in [0.3, 0.4) is 0 Å². The fourth-order valence-corrected chi connectivity index (χ4v) is 3.20. The van der Waals surface area contributed by atoms with Crippen LogP contribution in [0.15, 0.2) is 42.5 Å². The minimum atomic E-state index is -1.22. The van der Waals surface area contributed by atoms with Crippen LogP contribution in [0.25, 0.3) is 5.69 Å². The Hall–Kier alpha value is -2.77. The Kier molecular flexibility index (Phi) is 4.18. The summed E-state index contributed by atoms with van der Waals surface area (Å²) >= 11 is 12.2. The molecule has 0 amide bonds. The Morgan fingerprint density at radius 2 is 1.96 bits per heavy atom. The van der Waals surface area contributed by atoms with Gasteiger partial charge < -0.3 is 14.6 Å². The summed E-state index contributed by atoms with van der Waals surface area (Å²) in [4.78, 5) is 11.6. The average Bonchev–Trinajstić information content (AvgIpc) is 3.06. The molecule has 3 aromatic rings. The molecular weight excluding hydrogens is 381 g/mol. The SMILES string of the molecule is O=C(O)c1nnn(-c2ccc(Cl)cc2Cl)c1C1COc2ccccc2O1. The van der Waals surface area contributed by atoms with Crippen molar-refractivity contribution in [3.63, 3.8) is 0 Å². The largest absolute Gasteiger partial charge is 0.485 e. The van der Waals surface area contributed by atoms with Crippen LogP contribution >= 0.6 is 23.2 Å². The molecule has 1 N–H and O–H groups in total. The number of carboxylic acids is 1. The minimum Gasteiger partial charge on any atom is -0.485 e. The smallest absolute Gasteiger partial charge is 0.358 e. The highest BCUT2D eigenvalue weighted by molar-refractivity contribution is 6.35. The molecule has 1 aromatic heterocycles. The molecule has 4 rings (SSSR count). The number of ether oxygens (including phenoxy) is 2. The van der Waals surface area contributed by atoms with Gasteiger partial charge in [-0.25, -0.2) is 9.48 Å². The van der Waals surface area contributed by atoms with Crippen LogP contribution in [0.2, 0.25) is 10.0 Å². The predicted molar refractivity (Wildman–Crippen MR) is 93.6 cm³/mol. The lowest BCUT2D eigenvalue weighted by atomic mass is 10.1. The second kappa shape index (κ2) is 6.51. The summed E-state index contributed by atoms with van der Waals surface area (Å²) in [6.07, 6.45) is -0.724. The Bertz CT molecular complexity index is 1010. The summed E-state index contributed by atoms with van der Waals surface area (Å²) in [6, 6.07) is 11.9. The zero-order valence-electron chi connectivity index (χ0n) is 13.1. The van der Waals surface area contributed by atoms with E-state index in [0.29, 0.717) is 27.2 Å². The molecule has 1 atom stereocenters. The van der Waals surface area contributed by atoms with Crippen molar-refractivity contribution in [2.24, 2.45) is 0 Å². The second-order valence-electron chi connectivity index (χ2n) is 5.50. The van der Waals surface area contributed by atoms with E-state index in [1.807, 2.05) is 6.07 Å². The zero-order valence-corrected chi connectivity index (χ0v) is 14.6. The number of para-hydroxylation sites is 2. The van der Waals surface area contributed by atoms with E-state index in [2.05, 4.69) is 10.3 Å². The number of aromatic carboxylic acids is 1. The molecule has 0 spiro atoms. The van der Waals surface area contributed by atoms with Gasteiger partial charge in [0.05, 0.1) is 10.7 Å². The van der Waals surface area contributed by atoms with Crippen molar-refractivity contribution >= 4 is 29.2 Å². The first-order valence-electron chi connectivity index (χ1n) is 7.57. The number of hydrogen-bond donors (Lipinski definition) is 1. The number of fused-ring (bicyclic) bond motifs is 1. The summed E-state index contributed by atoms with van der Waals surface area (Å²) in [7, 11) is 0. The Labute approximate surface area is 157 Å². The average molecular weight is 392 g/mol. The topological polar surface area (TPSA) is 86.5 Å². The van der Waals surface area contributed by atoms with Crippen LogP contribution in [0, 0.1) is 0 Å². The lowest BCUT2D eigenvalue weighted by Crippen LogP contribution is -2.26. The first-order valence-corrected chi connectivity index (χ1v) is 8.33. The van der Waals surface area contributed by atoms with E-state index in [1.54, 1.807) is 30.3 Å². The van der Waals surface area contributed by atoms with Crippen molar-refractivity contribution in [1.82, 2.24) is 15.0 Å². The molecule has 7 nitrogen and oxygen atoms in total. The van der Waals surface area contributed by atoms with Gasteiger partial charge in [-0.2, -0.15) is 0 Å². The van der Waals surface area contributed by atoms with Crippen molar-refractivity contribution in [2.45, 2.75) is 6.10 Å². The molecule has 0 fully saturated rings. The predicted octanol–water partition coefficient (Wildman–Crippen LogP) is 3.78. The molecule has 132 valence electrons. The van der Waals surface area contributed by atoms with Gasteiger partial charge >= 0.3 is 5.97 Å². The lowest BCUT2D eigenvalue weighted by molar-refractivity contribution is 0.0661. The van der Waals surface area contributed by atoms with Crippen molar-refractivity contribution in [3.05, 3.63) is 63.9 Å². The molecule has 1 aliphatic heterocycles. The van der Waals surface area contributed by atoms with E-state index in [9.17, 15) is 9.90 Å². The van der Waals surface area contributed by atoms with E-state index in [4.69, 9.17) is 32.7 Å². The maximum absolute atomic E-state index is 11.6. The van der Waals surface area contributed by atoms with Gasteiger partial charge in [0.15, 0.2) is 23.3 Å². The Morgan fingerprint density at radius 1 is 1.19 bits per heavy atom. The highest BCUT2D eigenvalue weighted by Crippen LogP contribution is 2.37. The van der Waals surface area contributed by atoms with Crippen LogP contribution in [0.5, 0.6) is 11.5 Å². The second-order valence-corrected chi connectivity index (χ2v) is 6.34. The molecule has 2 aromatic carbocycles. The number of hydrogen-bond acceptors (Lipinski definition) is 5. The van der Waals surface area contributed by atoms with E-state index in [-0.39, 0.29) is 18.0 Å². The normalized spacial score (nSPS) is 15.7. The molecule has 0 saturated carbocycles. The number of rotatable bonds is 3. The minimum absolute atomic E-state index is 0.107. The molecule has 0 bridgehead atoms. The molecule has 1 aliphatic rings. The summed E-state index contributed by atoms with van der Waals surface area (Å²) < 4.78 is 13.0. The van der Waals surface area contributed by atoms with Crippen molar-refractivity contribution < 1.29 is 19.4 Å². The van der Waals surface area contributed by atoms with Gasteiger partial charge in [0.25, 0.3) is 0 Å². The fraction of sp³-hybridized carbons (Fsp3) is 0.118. The van der Waals surface area contributed by atoms with Gasteiger partial charge in [-0.3, -0.25) is 0 Å². The number of aromatic nitrogens is 3. The van der Waals surface area contributed by atoms with E-state index >= 15 is 0 Å². The van der Waals surface area contributed by atoms with Gasteiger partial charge in [-0.15, -0.1) is 5.10 Å². The first kappa shape index (κ1) is 16.7. The molecule has 1 unspecified atom stereocenters. The Morgan fingerprint density at radius 3 is 2.69 bits per heavy atom. The van der Waals surface area contributed by atoms with E-state index in [1.165, 1.54) is 10.7 Å². The monoisotopic (exact) mass is 391 g/mol. The van der Waals surface area contributed by atoms with Crippen molar-refractivity contribution in [3.8, 4) is 17.2 Å². The van der Waals surface area contributed by atoms with Crippen molar-refractivity contribution in [2.75, 3.05) is 6.61 Å². The van der Waals surface area contributed by atoms with Crippen LogP contribution in [0.4, 0.5) is 0 Å². The fourth-order valence-electron chi connectivity index (χ4n) is 2.72. The van der Waals surface area contributed by atoms with Gasteiger partial charge in [0.1, 0.15) is 12.3 Å². The third-order valence-electron chi connectivity index (χ3n) is 3.86. The van der Waals surface area contributed by atoms with Crippen molar-refractivity contribution in [1.29, 1.82) is 0 Å². The van der Waals surface area contributed by atoms with Crippen LogP contribution < -0.4 is 9.47 Å². The number of carboxylic acid groups (broad SMARTS) is 1. The van der Waals surface area contributed by atoms with Crippen LogP contribution in [-0.4, -0.2) is 32.7 Å². The zero-order chi connectivity index (χ0) is 18.3. The van der Waals surface area contributed by atoms with E-state index < -0.39 is 12.1 Å². The third-order valence-corrected chi connectivity index (χ3v) is 4.40. The summed E-state index contributed by atoms with van der Waals surface area (Å²) in [5, 5.41) is 18.0. The van der Waals surface area contributed by atoms with Gasteiger partial charge in [-0.1, -0.05) is 40.5 Å². The molecular formula is C17H11Cl2N3O4. The first-order chi connectivity index (χ1) is 12.5. The van der Waals surface area contributed by atoms with Crippen LogP contribution in [-0.2, 0) is 0 Å². The quantitative estimate of drug-likeness (QED) is 0.730. The van der Waals surface area contributed by atoms with Crippen LogP contribution in [0.1, 0.15) is 22.3 Å². The molecule has 0 radical (unpaired) electrons. The number of carbonyl (C=O) groups is 1. The number of benzene rings is 2. The number of nitrogens with zero attached hydrogens (tertiary/aromatic N) is 3. The highest BCUT2D eigenvalue weighted by atomic mass is 35.5. The number of halogens is 2. The summed E-state index contributed by atoms with van der Waals surface area (Å²) in [5.41, 5.74) is 0.439. The van der Waals surface area contributed by atoms with Gasteiger partial charge in [0, 0.05) is 5.02 Å². The Balaban J connectivity index is 1.82. The van der Waals surface area contributed by atoms with Gasteiger partial charge in [0.2, 0.25) is 0 Å². The maximum Gasteiger partial charge on any atom is 0.358 e.